The summed E-state index contributed by atoms with van der Waals surface area (Å²) in [4.78, 5) is 24.5. The van der Waals surface area contributed by atoms with Gasteiger partial charge in [-0.05, 0) is 42.5 Å². The van der Waals surface area contributed by atoms with Gasteiger partial charge in [0.15, 0.2) is 12.7 Å². The molecule has 144 valence electrons. The third kappa shape index (κ3) is 5.84. The Labute approximate surface area is 160 Å². The summed E-state index contributed by atoms with van der Waals surface area (Å²) in [6.45, 7) is 7.55. The maximum Gasteiger partial charge on any atom is 0.347 e. The number of esters is 1. The molecule has 1 N–H and O–H groups in total. The first kappa shape index (κ1) is 20.5. The number of carbonyl (C=O) groups is 2. The molecule has 0 saturated heterocycles. The maximum atomic E-state index is 12.3. The van der Waals surface area contributed by atoms with Crippen LogP contribution < -0.4 is 10.1 Å². The number of para-hydroxylation sites is 2. The Hall–Kier alpha value is -2.82. The zero-order valence-corrected chi connectivity index (χ0v) is 16.3. The van der Waals surface area contributed by atoms with E-state index < -0.39 is 12.1 Å². The first-order valence-corrected chi connectivity index (χ1v) is 9.20. The number of benzene rings is 2. The minimum atomic E-state index is -0.745. The molecule has 0 fully saturated rings. The molecular formula is C22H27NO4. The monoisotopic (exact) mass is 369 g/mol. The molecule has 27 heavy (non-hydrogen) atoms. The number of rotatable bonds is 8. The molecule has 0 aliphatic rings. The van der Waals surface area contributed by atoms with E-state index in [1.807, 2.05) is 50.2 Å². The van der Waals surface area contributed by atoms with Crippen molar-refractivity contribution in [3.05, 3.63) is 59.7 Å². The van der Waals surface area contributed by atoms with Gasteiger partial charge in [0.25, 0.3) is 5.91 Å². The Bertz CT molecular complexity index is 771. The van der Waals surface area contributed by atoms with Crippen LogP contribution in [0.5, 0.6) is 5.75 Å². The molecule has 2 rings (SSSR count). The SMILES string of the molecule is CC[C@H](Oc1ccccc1)C(=O)OCC(=O)Nc1c(C)cccc1C(C)C. The van der Waals surface area contributed by atoms with Crippen LogP contribution >= 0.6 is 0 Å². The molecule has 0 spiro atoms. The topological polar surface area (TPSA) is 64.6 Å². The van der Waals surface area contributed by atoms with Gasteiger partial charge in [0.1, 0.15) is 5.75 Å². The van der Waals surface area contributed by atoms with Gasteiger partial charge in [-0.25, -0.2) is 4.79 Å². The number of amides is 1. The van der Waals surface area contributed by atoms with Crippen LogP contribution in [0, 0.1) is 6.92 Å². The summed E-state index contributed by atoms with van der Waals surface area (Å²) < 4.78 is 10.8. The Kier molecular flexibility index (Phi) is 7.41. The molecule has 0 aromatic heterocycles. The van der Waals surface area contributed by atoms with Crippen LogP contribution in [-0.4, -0.2) is 24.6 Å². The number of anilines is 1. The summed E-state index contributed by atoms with van der Waals surface area (Å²) in [6.07, 6.45) is -0.296. The molecule has 5 nitrogen and oxygen atoms in total. The molecule has 0 unspecified atom stereocenters. The molecule has 0 heterocycles. The van der Waals surface area contributed by atoms with Gasteiger partial charge in [0.05, 0.1) is 0 Å². The van der Waals surface area contributed by atoms with E-state index in [0.29, 0.717) is 12.2 Å². The van der Waals surface area contributed by atoms with E-state index in [0.717, 1.165) is 16.8 Å². The quantitative estimate of drug-likeness (QED) is 0.698. The largest absolute Gasteiger partial charge is 0.479 e. The van der Waals surface area contributed by atoms with E-state index in [4.69, 9.17) is 9.47 Å². The number of nitrogens with one attached hydrogen (secondary N) is 1. The number of hydrogen-bond donors (Lipinski definition) is 1. The molecule has 1 atom stereocenters. The fourth-order valence-electron chi connectivity index (χ4n) is 2.71. The van der Waals surface area contributed by atoms with E-state index in [-0.39, 0.29) is 18.4 Å². The lowest BCUT2D eigenvalue weighted by atomic mass is 9.98. The Morgan fingerprint density at radius 2 is 1.74 bits per heavy atom. The number of aryl methyl sites for hydroxylation is 1. The molecule has 0 saturated carbocycles. The van der Waals surface area contributed by atoms with Crippen molar-refractivity contribution in [1.29, 1.82) is 0 Å². The molecule has 2 aromatic carbocycles. The van der Waals surface area contributed by atoms with Crippen LogP contribution in [0.25, 0.3) is 0 Å². The number of carbonyl (C=O) groups excluding carboxylic acids is 2. The van der Waals surface area contributed by atoms with E-state index in [1.54, 1.807) is 12.1 Å². The van der Waals surface area contributed by atoms with Crippen molar-refractivity contribution in [1.82, 2.24) is 0 Å². The number of hydrogen-bond acceptors (Lipinski definition) is 4. The third-order valence-corrected chi connectivity index (χ3v) is 4.19. The first-order chi connectivity index (χ1) is 12.9. The van der Waals surface area contributed by atoms with Crippen molar-refractivity contribution in [3.8, 4) is 5.75 Å². The Balaban J connectivity index is 1.94. The third-order valence-electron chi connectivity index (χ3n) is 4.19. The van der Waals surface area contributed by atoms with Crippen molar-refractivity contribution in [2.75, 3.05) is 11.9 Å². The van der Waals surface area contributed by atoms with Gasteiger partial charge < -0.3 is 14.8 Å². The Morgan fingerprint density at radius 3 is 2.37 bits per heavy atom. The van der Waals surface area contributed by atoms with E-state index in [2.05, 4.69) is 19.2 Å². The molecule has 0 radical (unpaired) electrons. The number of ether oxygens (including phenoxy) is 2. The minimum absolute atomic E-state index is 0.270. The van der Waals surface area contributed by atoms with Crippen molar-refractivity contribution >= 4 is 17.6 Å². The van der Waals surface area contributed by atoms with Gasteiger partial charge in [-0.1, -0.05) is 57.2 Å². The maximum absolute atomic E-state index is 12.3. The predicted molar refractivity (Wildman–Crippen MR) is 106 cm³/mol. The van der Waals surface area contributed by atoms with Crippen molar-refractivity contribution in [2.45, 2.75) is 46.1 Å². The Morgan fingerprint density at radius 1 is 1.04 bits per heavy atom. The smallest absolute Gasteiger partial charge is 0.347 e. The van der Waals surface area contributed by atoms with Gasteiger partial charge >= 0.3 is 5.97 Å². The van der Waals surface area contributed by atoms with Crippen molar-refractivity contribution < 1.29 is 19.1 Å². The second-order valence-corrected chi connectivity index (χ2v) is 6.68. The van der Waals surface area contributed by atoms with Crippen LogP contribution in [0.3, 0.4) is 0 Å². The summed E-state index contributed by atoms with van der Waals surface area (Å²) in [5.74, 6) is -0.0572. The highest BCUT2D eigenvalue weighted by Gasteiger charge is 2.21. The summed E-state index contributed by atoms with van der Waals surface area (Å²) in [6, 6.07) is 15.0. The molecule has 0 aliphatic heterocycles. The average molecular weight is 369 g/mol. The van der Waals surface area contributed by atoms with Gasteiger partial charge in [-0.3, -0.25) is 4.79 Å². The van der Waals surface area contributed by atoms with Crippen LogP contribution in [0.2, 0.25) is 0 Å². The normalized spacial score (nSPS) is 11.7. The highest BCUT2D eigenvalue weighted by atomic mass is 16.6. The second-order valence-electron chi connectivity index (χ2n) is 6.68. The van der Waals surface area contributed by atoms with E-state index in [1.165, 1.54) is 0 Å². The standard InChI is InChI=1S/C22H27NO4/c1-5-19(27-17-11-7-6-8-12-17)22(25)26-14-20(24)23-21-16(4)10-9-13-18(21)15(2)3/h6-13,15,19H,5,14H2,1-4H3,(H,23,24)/t19-/m0/s1. The molecule has 0 aliphatic carbocycles. The van der Waals surface area contributed by atoms with Crippen LogP contribution in [0.1, 0.15) is 44.2 Å². The minimum Gasteiger partial charge on any atom is -0.479 e. The van der Waals surface area contributed by atoms with Gasteiger partial charge in [-0.2, -0.15) is 0 Å². The van der Waals surface area contributed by atoms with Gasteiger partial charge in [-0.15, -0.1) is 0 Å². The first-order valence-electron chi connectivity index (χ1n) is 9.20. The van der Waals surface area contributed by atoms with Crippen LogP contribution in [0.4, 0.5) is 5.69 Å². The summed E-state index contributed by atoms with van der Waals surface area (Å²) >= 11 is 0. The summed E-state index contributed by atoms with van der Waals surface area (Å²) in [7, 11) is 0. The average Bonchev–Trinajstić information content (AvgIpc) is 2.66. The fourth-order valence-corrected chi connectivity index (χ4v) is 2.71. The highest BCUT2D eigenvalue weighted by molar-refractivity contribution is 5.94. The molecule has 2 aromatic rings. The zero-order valence-electron chi connectivity index (χ0n) is 16.3. The van der Waals surface area contributed by atoms with E-state index >= 15 is 0 Å². The second kappa shape index (κ2) is 9.76. The fraction of sp³-hybridized carbons (Fsp3) is 0.364. The lowest BCUT2D eigenvalue weighted by Gasteiger charge is -2.18. The summed E-state index contributed by atoms with van der Waals surface area (Å²) in [5.41, 5.74) is 2.80. The van der Waals surface area contributed by atoms with Gasteiger partial charge in [0, 0.05) is 5.69 Å². The lowest BCUT2D eigenvalue weighted by Crippen LogP contribution is -2.31. The molecular weight excluding hydrogens is 342 g/mol. The molecule has 0 bridgehead atoms. The zero-order chi connectivity index (χ0) is 19.8. The summed E-state index contributed by atoms with van der Waals surface area (Å²) in [5, 5.41) is 2.87. The van der Waals surface area contributed by atoms with Crippen LogP contribution in [-0.2, 0) is 14.3 Å². The molecule has 5 heteroatoms. The van der Waals surface area contributed by atoms with Crippen molar-refractivity contribution in [3.63, 3.8) is 0 Å². The van der Waals surface area contributed by atoms with E-state index in [9.17, 15) is 9.59 Å². The van der Waals surface area contributed by atoms with Gasteiger partial charge in [0.2, 0.25) is 0 Å². The lowest BCUT2D eigenvalue weighted by molar-refractivity contribution is -0.154. The van der Waals surface area contributed by atoms with Crippen LogP contribution in [0.15, 0.2) is 48.5 Å². The highest BCUT2D eigenvalue weighted by Crippen LogP contribution is 2.27. The predicted octanol–water partition coefficient (Wildman–Crippen LogP) is 4.46. The molecule has 1 amide bonds. The van der Waals surface area contributed by atoms with Crippen molar-refractivity contribution in [2.24, 2.45) is 0 Å².